The topological polar surface area (TPSA) is 94.9 Å². The second-order valence-electron chi connectivity index (χ2n) is 8.19. The number of hydrogen-bond acceptors (Lipinski definition) is 7. The van der Waals surface area contributed by atoms with Crippen molar-refractivity contribution in [3.63, 3.8) is 0 Å². The Morgan fingerprint density at radius 2 is 1.94 bits per heavy atom. The van der Waals surface area contributed by atoms with Gasteiger partial charge >= 0.3 is 0 Å². The first-order chi connectivity index (χ1) is 15.6. The molecule has 5 rings (SSSR count). The monoisotopic (exact) mass is 452 g/mol. The highest BCUT2D eigenvalue weighted by molar-refractivity contribution is 7.16. The van der Waals surface area contributed by atoms with Crippen LogP contribution < -0.4 is 14.8 Å². The molecule has 2 aliphatic heterocycles. The number of carbonyl (C=O) groups is 2. The Kier molecular flexibility index (Phi) is 5.72. The summed E-state index contributed by atoms with van der Waals surface area (Å²) >= 11 is 1.53. The minimum Gasteiger partial charge on any atom is -0.485 e. The standard InChI is InChI=1S/C23H24N4O4S/c24-12-16-15-4-3-7-20(15)32-22(16)25-21(28)13-26-8-10-27(11-9-26)23(29)19-14-30-17-5-1-2-6-18(17)31-19/h1-2,5-6,19H,3-4,7-11,13-14H2,(H,25,28)/t19-/m1/s1. The molecule has 166 valence electrons. The van der Waals surface area contributed by atoms with Crippen LogP contribution in [0.15, 0.2) is 24.3 Å². The number of rotatable bonds is 4. The minimum atomic E-state index is -0.648. The van der Waals surface area contributed by atoms with Crippen LogP contribution in [-0.2, 0) is 22.4 Å². The zero-order valence-corrected chi connectivity index (χ0v) is 18.5. The Morgan fingerprint density at radius 3 is 2.72 bits per heavy atom. The Balaban J connectivity index is 1.12. The molecule has 1 aromatic carbocycles. The lowest BCUT2D eigenvalue weighted by Gasteiger charge is -2.36. The molecule has 1 aliphatic carbocycles. The molecular weight excluding hydrogens is 428 g/mol. The Labute approximate surface area is 190 Å². The third-order valence-electron chi connectivity index (χ3n) is 6.12. The van der Waals surface area contributed by atoms with Gasteiger partial charge in [0, 0.05) is 31.1 Å². The molecule has 0 spiro atoms. The van der Waals surface area contributed by atoms with Crippen LogP contribution in [0, 0.1) is 11.3 Å². The summed E-state index contributed by atoms with van der Waals surface area (Å²) in [6.07, 6.45) is 2.34. The lowest BCUT2D eigenvalue weighted by molar-refractivity contribution is -0.143. The fourth-order valence-electron chi connectivity index (χ4n) is 4.45. The molecule has 1 fully saturated rings. The summed E-state index contributed by atoms with van der Waals surface area (Å²) in [5.74, 6) is 1.03. The molecule has 1 aromatic heterocycles. The van der Waals surface area contributed by atoms with Gasteiger partial charge in [0.05, 0.1) is 12.1 Å². The smallest absolute Gasteiger partial charge is 0.267 e. The number of carbonyl (C=O) groups excluding carboxylic acids is 2. The molecule has 2 aromatic rings. The van der Waals surface area contributed by atoms with Gasteiger partial charge in [-0.15, -0.1) is 11.3 Å². The predicted octanol–water partition coefficient (Wildman–Crippen LogP) is 2.03. The number of nitriles is 1. The van der Waals surface area contributed by atoms with Crippen molar-refractivity contribution in [2.24, 2.45) is 0 Å². The van der Waals surface area contributed by atoms with Crippen molar-refractivity contribution in [1.82, 2.24) is 9.80 Å². The van der Waals surface area contributed by atoms with Crippen molar-refractivity contribution in [1.29, 1.82) is 5.26 Å². The van der Waals surface area contributed by atoms with E-state index >= 15 is 0 Å². The summed E-state index contributed by atoms with van der Waals surface area (Å²) in [6, 6.07) is 9.59. The SMILES string of the molecule is N#Cc1c(NC(=O)CN2CCN(C(=O)[C@H]3COc4ccccc4O3)CC2)sc2c1CCC2. The molecule has 1 saturated heterocycles. The van der Waals surface area contributed by atoms with Crippen molar-refractivity contribution in [3.05, 3.63) is 40.3 Å². The van der Waals surface area contributed by atoms with Crippen LogP contribution in [0.4, 0.5) is 5.00 Å². The molecule has 1 N–H and O–H groups in total. The maximum absolute atomic E-state index is 12.9. The van der Waals surface area contributed by atoms with Gasteiger partial charge in [-0.05, 0) is 37.0 Å². The molecule has 3 aliphatic rings. The van der Waals surface area contributed by atoms with Gasteiger partial charge in [-0.2, -0.15) is 5.26 Å². The molecule has 0 radical (unpaired) electrons. The molecule has 0 saturated carbocycles. The van der Waals surface area contributed by atoms with Gasteiger partial charge < -0.3 is 19.7 Å². The van der Waals surface area contributed by atoms with Crippen molar-refractivity contribution in [3.8, 4) is 17.6 Å². The van der Waals surface area contributed by atoms with E-state index in [1.807, 2.05) is 23.1 Å². The van der Waals surface area contributed by atoms with Crippen molar-refractivity contribution in [2.75, 3.05) is 44.6 Å². The number of aryl methyl sites for hydroxylation is 1. The number of piperazine rings is 1. The Morgan fingerprint density at radius 1 is 1.16 bits per heavy atom. The maximum atomic E-state index is 12.9. The number of benzene rings is 1. The summed E-state index contributed by atoms with van der Waals surface area (Å²) in [5, 5.41) is 13.1. The van der Waals surface area contributed by atoms with Gasteiger partial charge in [0.25, 0.3) is 5.91 Å². The van der Waals surface area contributed by atoms with Crippen LogP contribution in [0.1, 0.15) is 22.4 Å². The number of fused-ring (bicyclic) bond motifs is 2. The minimum absolute atomic E-state index is 0.0876. The lowest BCUT2D eigenvalue weighted by atomic mass is 10.1. The van der Waals surface area contributed by atoms with Gasteiger partial charge in [0.2, 0.25) is 12.0 Å². The quantitative estimate of drug-likeness (QED) is 0.763. The van der Waals surface area contributed by atoms with Gasteiger partial charge in [-0.25, -0.2) is 0 Å². The highest BCUT2D eigenvalue weighted by Crippen LogP contribution is 2.38. The second kappa shape index (κ2) is 8.81. The maximum Gasteiger partial charge on any atom is 0.267 e. The number of thiophene rings is 1. The van der Waals surface area contributed by atoms with Gasteiger partial charge in [-0.1, -0.05) is 12.1 Å². The molecule has 1 atom stereocenters. The van der Waals surface area contributed by atoms with E-state index in [9.17, 15) is 14.9 Å². The van der Waals surface area contributed by atoms with Crippen LogP contribution in [0.2, 0.25) is 0 Å². The number of para-hydroxylation sites is 2. The zero-order valence-electron chi connectivity index (χ0n) is 17.6. The largest absolute Gasteiger partial charge is 0.485 e. The molecule has 2 amide bonds. The van der Waals surface area contributed by atoms with E-state index < -0.39 is 6.10 Å². The van der Waals surface area contributed by atoms with E-state index in [0.717, 1.165) is 24.8 Å². The number of nitrogens with zero attached hydrogens (tertiary/aromatic N) is 3. The summed E-state index contributed by atoms with van der Waals surface area (Å²) in [6.45, 7) is 2.72. The van der Waals surface area contributed by atoms with Gasteiger partial charge in [0.15, 0.2) is 11.5 Å². The van der Waals surface area contributed by atoms with Gasteiger partial charge in [0.1, 0.15) is 17.7 Å². The van der Waals surface area contributed by atoms with E-state index in [1.54, 1.807) is 11.0 Å². The zero-order chi connectivity index (χ0) is 22.1. The molecule has 3 heterocycles. The van der Waals surface area contributed by atoms with Crippen molar-refractivity contribution in [2.45, 2.75) is 25.4 Å². The first-order valence-electron chi connectivity index (χ1n) is 10.9. The third-order valence-corrected chi connectivity index (χ3v) is 7.33. The molecular formula is C23H24N4O4S. The van der Waals surface area contributed by atoms with E-state index in [1.165, 1.54) is 16.2 Å². The van der Waals surface area contributed by atoms with Crippen LogP contribution in [-0.4, -0.2) is 67.0 Å². The number of ether oxygens (including phenoxy) is 2. The summed E-state index contributed by atoms with van der Waals surface area (Å²) in [7, 11) is 0. The summed E-state index contributed by atoms with van der Waals surface area (Å²) in [5.41, 5.74) is 1.74. The lowest BCUT2D eigenvalue weighted by Crippen LogP contribution is -2.54. The first-order valence-corrected chi connectivity index (χ1v) is 11.7. The average molecular weight is 453 g/mol. The highest BCUT2D eigenvalue weighted by atomic mass is 32.1. The Hall–Kier alpha value is -3.09. The van der Waals surface area contributed by atoms with Crippen LogP contribution in [0.3, 0.4) is 0 Å². The van der Waals surface area contributed by atoms with Crippen molar-refractivity contribution >= 4 is 28.2 Å². The normalized spacial score (nSPS) is 19.8. The van der Waals surface area contributed by atoms with E-state index in [0.29, 0.717) is 48.2 Å². The number of nitrogens with one attached hydrogen (secondary N) is 1. The van der Waals surface area contributed by atoms with Crippen molar-refractivity contribution < 1.29 is 19.1 Å². The molecule has 9 heteroatoms. The predicted molar refractivity (Wildman–Crippen MR) is 119 cm³/mol. The summed E-state index contributed by atoms with van der Waals surface area (Å²) in [4.78, 5) is 30.5. The second-order valence-corrected chi connectivity index (χ2v) is 9.29. The fraction of sp³-hybridized carbons (Fsp3) is 0.435. The molecule has 0 bridgehead atoms. The van der Waals surface area contributed by atoms with E-state index in [2.05, 4.69) is 11.4 Å². The van der Waals surface area contributed by atoms with Crippen LogP contribution >= 0.6 is 11.3 Å². The molecule has 0 unspecified atom stereocenters. The first kappa shape index (κ1) is 20.8. The average Bonchev–Trinajstić information content (AvgIpc) is 3.39. The number of hydrogen-bond donors (Lipinski definition) is 1. The third kappa shape index (κ3) is 4.04. The molecule has 32 heavy (non-hydrogen) atoms. The summed E-state index contributed by atoms with van der Waals surface area (Å²) < 4.78 is 11.5. The molecule has 8 nitrogen and oxygen atoms in total. The Bertz CT molecular complexity index is 1080. The number of anilines is 1. The fourth-order valence-corrected chi connectivity index (χ4v) is 5.71. The van der Waals surface area contributed by atoms with E-state index in [4.69, 9.17) is 9.47 Å². The van der Waals surface area contributed by atoms with E-state index in [-0.39, 0.29) is 25.0 Å². The van der Waals surface area contributed by atoms with Crippen LogP contribution in [0.5, 0.6) is 11.5 Å². The van der Waals surface area contributed by atoms with Crippen LogP contribution in [0.25, 0.3) is 0 Å². The highest BCUT2D eigenvalue weighted by Gasteiger charge is 2.33. The number of amides is 2. The van der Waals surface area contributed by atoms with Gasteiger partial charge in [-0.3, -0.25) is 14.5 Å².